The van der Waals surface area contributed by atoms with Crippen LogP contribution in [0.4, 0.5) is 11.4 Å². The van der Waals surface area contributed by atoms with Gasteiger partial charge in [0.1, 0.15) is 12.3 Å². The number of amides is 1. The lowest BCUT2D eigenvalue weighted by atomic mass is 10.00. The molecule has 0 radical (unpaired) electrons. The van der Waals surface area contributed by atoms with E-state index in [4.69, 9.17) is 9.47 Å². The topological polar surface area (TPSA) is 50.8 Å². The number of nitrogens with zero attached hydrogens (tertiary/aromatic N) is 2. The van der Waals surface area contributed by atoms with Gasteiger partial charge >= 0.3 is 0 Å². The van der Waals surface area contributed by atoms with Crippen LogP contribution in [-0.2, 0) is 16.1 Å². The molecule has 6 nitrogen and oxygen atoms in total. The Balaban J connectivity index is 1.12. The van der Waals surface area contributed by atoms with Gasteiger partial charge in [-0.2, -0.15) is 0 Å². The molecule has 0 unspecified atom stereocenters. The number of anilines is 2. The van der Waals surface area contributed by atoms with E-state index in [1.54, 1.807) is 0 Å². The van der Waals surface area contributed by atoms with E-state index < -0.39 is 0 Å². The molecule has 6 rings (SSSR count). The molecule has 3 aromatic carbocycles. The molecular weight excluding hydrogens is 522 g/mol. The number of carbonyl (C=O) groups excluding carboxylic acids is 1. The summed E-state index contributed by atoms with van der Waals surface area (Å²) in [6.07, 6.45) is 8.65. The summed E-state index contributed by atoms with van der Waals surface area (Å²) in [6.45, 7) is 5.44. The number of fused-ring (bicyclic) bond motifs is 1. The smallest absolute Gasteiger partial charge is 0.251 e. The fraction of sp³-hybridized carbons (Fsp3) is 0.417. The van der Waals surface area contributed by atoms with Gasteiger partial charge in [0.25, 0.3) is 5.91 Å². The molecule has 1 N–H and O–H groups in total. The molecule has 2 fully saturated rings. The maximum atomic E-state index is 13.3. The summed E-state index contributed by atoms with van der Waals surface area (Å²) in [5.41, 5.74) is 7.35. The van der Waals surface area contributed by atoms with E-state index in [1.807, 2.05) is 24.3 Å². The summed E-state index contributed by atoms with van der Waals surface area (Å²) in [4.78, 5) is 15.8. The Kier molecular flexibility index (Phi) is 8.63. The summed E-state index contributed by atoms with van der Waals surface area (Å²) in [6, 6.07) is 24.1. The molecule has 6 heteroatoms. The standard InChI is InChI=1S/C36H43N3O3/c1-39(2,34-17-21-41-22-18-34)26-27-6-11-32(12-7-27)37-36(40)30-16-23-42-35-15-10-29(24-31(35)25-30)28-8-13-33(14-9-28)38-19-4-3-5-20-38/h6-15,24-25,34H,3-5,16-23,26H2,1-2H3/p+1. The number of benzene rings is 3. The molecule has 3 heterocycles. The highest BCUT2D eigenvalue weighted by Crippen LogP contribution is 2.33. The molecule has 0 atom stereocenters. The monoisotopic (exact) mass is 566 g/mol. The van der Waals surface area contributed by atoms with Crippen LogP contribution in [0.2, 0.25) is 0 Å². The van der Waals surface area contributed by atoms with Crippen molar-refractivity contribution in [3.63, 3.8) is 0 Å². The zero-order chi connectivity index (χ0) is 28.9. The Morgan fingerprint density at radius 3 is 2.33 bits per heavy atom. The average Bonchev–Trinajstić information content (AvgIpc) is 3.25. The maximum Gasteiger partial charge on any atom is 0.251 e. The van der Waals surface area contributed by atoms with Gasteiger partial charge in [-0.15, -0.1) is 0 Å². The quantitative estimate of drug-likeness (QED) is 0.316. The minimum Gasteiger partial charge on any atom is -0.493 e. The van der Waals surface area contributed by atoms with Crippen LogP contribution in [0.3, 0.4) is 0 Å². The third-order valence-corrected chi connectivity index (χ3v) is 9.16. The number of hydrogen-bond acceptors (Lipinski definition) is 4. The molecule has 3 aliphatic heterocycles. The third kappa shape index (κ3) is 6.71. The SMILES string of the molecule is C[N+](C)(Cc1ccc(NC(=O)C2=Cc3cc(-c4ccc(N5CCCCC5)cc4)ccc3OCC2)cc1)C1CCOCC1. The van der Waals surface area contributed by atoms with Crippen molar-refractivity contribution in [2.45, 2.75) is 51.1 Å². The van der Waals surface area contributed by atoms with Gasteiger partial charge in [-0.25, -0.2) is 0 Å². The fourth-order valence-electron chi connectivity index (χ4n) is 6.59. The van der Waals surface area contributed by atoms with Crippen molar-refractivity contribution in [1.29, 1.82) is 0 Å². The Labute approximate surface area is 250 Å². The third-order valence-electron chi connectivity index (χ3n) is 9.16. The Morgan fingerprint density at radius 2 is 1.60 bits per heavy atom. The first-order valence-electron chi connectivity index (χ1n) is 15.6. The van der Waals surface area contributed by atoms with E-state index >= 15 is 0 Å². The molecular formula is C36H44N3O3+. The van der Waals surface area contributed by atoms with Gasteiger partial charge < -0.3 is 24.2 Å². The number of quaternary nitrogens is 1. The Hall–Kier alpha value is -3.61. The van der Waals surface area contributed by atoms with Gasteiger partial charge in [-0.1, -0.05) is 30.3 Å². The van der Waals surface area contributed by atoms with Crippen molar-refractivity contribution in [1.82, 2.24) is 0 Å². The van der Waals surface area contributed by atoms with Gasteiger partial charge in [0.15, 0.2) is 0 Å². The number of nitrogens with one attached hydrogen (secondary N) is 1. The second-order valence-corrected chi connectivity index (χ2v) is 12.5. The second-order valence-electron chi connectivity index (χ2n) is 12.5. The van der Waals surface area contributed by atoms with Crippen LogP contribution in [0.1, 0.15) is 49.7 Å². The van der Waals surface area contributed by atoms with Crippen molar-refractivity contribution in [2.75, 3.05) is 57.2 Å². The summed E-state index contributed by atoms with van der Waals surface area (Å²) < 4.78 is 12.5. The number of rotatable bonds is 7. The van der Waals surface area contributed by atoms with E-state index in [-0.39, 0.29) is 5.91 Å². The van der Waals surface area contributed by atoms with Crippen LogP contribution in [0, 0.1) is 0 Å². The van der Waals surface area contributed by atoms with E-state index in [0.717, 1.165) is 78.3 Å². The summed E-state index contributed by atoms with van der Waals surface area (Å²) in [5, 5.41) is 3.12. The lowest BCUT2D eigenvalue weighted by molar-refractivity contribution is -0.929. The van der Waals surface area contributed by atoms with Gasteiger partial charge in [0.2, 0.25) is 0 Å². The first-order valence-corrected chi connectivity index (χ1v) is 15.6. The average molecular weight is 567 g/mol. The number of hydrogen-bond donors (Lipinski definition) is 1. The summed E-state index contributed by atoms with van der Waals surface area (Å²) >= 11 is 0. The van der Waals surface area contributed by atoms with E-state index in [0.29, 0.717) is 19.1 Å². The molecule has 3 aliphatic rings. The predicted molar refractivity (Wildman–Crippen MR) is 171 cm³/mol. The first kappa shape index (κ1) is 28.5. The van der Waals surface area contributed by atoms with Crippen molar-refractivity contribution < 1.29 is 18.8 Å². The van der Waals surface area contributed by atoms with Crippen molar-refractivity contribution in [2.24, 2.45) is 0 Å². The van der Waals surface area contributed by atoms with E-state index in [9.17, 15) is 4.79 Å². The molecule has 2 saturated heterocycles. The Bertz CT molecular complexity index is 1400. The van der Waals surface area contributed by atoms with Gasteiger partial charge in [-0.3, -0.25) is 4.79 Å². The van der Waals surface area contributed by atoms with Crippen LogP contribution in [0.25, 0.3) is 17.2 Å². The van der Waals surface area contributed by atoms with E-state index in [1.165, 1.54) is 36.1 Å². The second kappa shape index (κ2) is 12.7. The molecule has 0 aromatic heterocycles. The number of carbonyl (C=O) groups is 1. The molecule has 42 heavy (non-hydrogen) atoms. The molecule has 0 aliphatic carbocycles. The maximum absolute atomic E-state index is 13.3. The molecule has 220 valence electrons. The number of piperidine rings is 1. The van der Waals surface area contributed by atoms with Crippen LogP contribution in [-0.4, -0.2) is 63.4 Å². The minimum atomic E-state index is -0.0752. The van der Waals surface area contributed by atoms with Crippen molar-refractivity contribution in [3.8, 4) is 16.9 Å². The lowest BCUT2D eigenvalue weighted by Crippen LogP contribution is -2.50. The minimum absolute atomic E-state index is 0.0752. The molecule has 0 saturated carbocycles. The zero-order valence-corrected chi connectivity index (χ0v) is 25.1. The largest absolute Gasteiger partial charge is 0.493 e. The zero-order valence-electron chi connectivity index (χ0n) is 25.1. The lowest BCUT2D eigenvalue weighted by Gasteiger charge is -2.40. The highest BCUT2D eigenvalue weighted by atomic mass is 16.5. The first-order chi connectivity index (χ1) is 20.4. The van der Waals surface area contributed by atoms with Crippen LogP contribution in [0.5, 0.6) is 5.75 Å². The molecule has 0 bridgehead atoms. The van der Waals surface area contributed by atoms with E-state index in [2.05, 4.69) is 72.8 Å². The normalized spacial score (nSPS) is 18.0. The Morgan fingerprint density at radius 1 is 0.881 bits per heavy atom. The van der Waals surface area contributed by atoms with Crippen LogP contribution < -0.4 is 15.0 Å². The molecule has 3 aromatic rings. The van der Waals surface area contributed by atoms with Gasteiger partial charge in [0, 0.05) is 60.4 Å². The van der Waals surface area contributed by atoms with Crippen LogP contribution >= 0.6 is 0 Å². The summed E-state index contributed by atoms with van der Waals surface area (Å²) in [7, 11) is 4.61. The molecule has 0 spiro atoms. The highest BCUT2D eigenvalue weighted by Gasteiger charge is 2.30. The summed E-state index contributed by atoms with van der Waals surface area (Å²) in [5.74, 6) is 0.745. The molecule has 1 amide bonds. The highest BCUT2D eigenvalue weighted by molar-refractivity contribution is 6.07. The fourth-order valence-corrected chi connectivity index (χ4v) is 6.59. The predicted octanol–water partition coefficient (Wildman–Crippen LogP) is 6.90. The van der Waals surface area contributed by atoms with Gasteiger partial charge in [0.05, 0.1) is 40.0 Å². The van der Waals surface area contributed by atoms with Crippen molar-refractivity contribution in [3.05, 3.63) is 83.4 Å². The van der Waals surface area contributed by atoms with Crippen molar-refractivity contribution >= 4 is 23.4 Å². The van der Waals surface area contributed by atoms with Gasteiger partial charge in [-0.05, 0) is 72.9 Å². The number of ether oxygens (including phenoxy) is 2. The van der Waals surface area contributed by atoms with Crippen LogP contribution in [0.15, 0.2) is 72.3 Å².